The van der Waals surface area contributed by atoms with Gasteiger partial charge in [-0.05, 0) is 59.0 Å². The lowest BCUT2D eigenvalue weighted by atomic mass is 9.80. The molecule has 0 aromatic carbocycles. The number of ether oxygens (including phenoxy) is 1. The summed E-state index contributed by atoms with van der Waals surface area (Å²) in [7, 11) is 0. The Morgan fingerprint density at radius 2 is 1.52 bits per heavy atom. The van der Waals surface area contributed by atoms with E-state index in [9.17, 15) is 4.79 Å². The molecule has 0 radical (unpaired) electrons. The molecule has 0 aromatic rings. The first-order valence-electron chi connectivity index (χ1n) is 10.6. The zero-order chi connectivity index (χ0) is 18.5. The molecule has 0 aliphatic heterocycles. The molecule has 25 heavy (non-hydrogen) atoms. The van der Waals surface area contributed by atoms with Crippen molar-refractivity contribution in [1.29, 1.82) is 0 Å². The summed E-state index contributed by atoms with van der Waals surface area (Å²) in [5, 5.41) is 6.53. The molecule has 0 atom stereocenters. The van der Waals surface area contributed by atoms with Crippen molar-refractivity contribution in [3.63, 3.8) is 0 Å². The van der Waals surface area contributed by atoms with Crippen LogP contribution in [0.1, 0.15) is 98.3 Å². The molecule has 0 unspecified atom stereocenters. The minimum absolute atomic E-state index is 0.279. The molecule has 0 spiro atoms. The molecule has 0 saturated heterocycles. The van der Waals surface area contributed by atoms with E-state index >= 15 is 0 Å². The van der Waals surface area contributed by atoms with Crippen molar-refractivity contribution >= 4 is 6.09 Å². The summed E-state index contributed by atoms with van der Waals surface area (Å²) in [5.41, 5.74) is -0.412. The summed E-state index contributed by atoms with van der Waals surface area (Å²) in [4.78, 5) is 11.7. The second kappa shape index (κ2) is 12.6. The largest absolute Gasteiger partial charge is 0.444 e. The Bertz CT molecular complexity index is 346. The van der Waals surface area contributed by atoms with Crippen LogP contribution in [0, 0.1) is 5.92 Å². The third-order valence-corrected chi connectivity index (χ3v) is 4.85. The first-order chi connectivity index (χ1) is 11.9. The molecular formula is C21H42N2O2. The Balaban J connectivity index is 1.83. The van der Waals surface area contributed by atoms with Crippen molar-refractivity contribution in [3.05, 3.63) is 0 Å². The minimum Gasteiger partial charge on any atom is -0.444 e. The maximum absolute atomic E-state index is 11.7. The van der Waals surface area contributed by atoms with Gasteiger partial charge in [-0.25, -0.2) is 4.79 Å². The first-order valence-corrected chi connectivity index (χ1v) is 10.6. The number of hydrogen-bond donors (Lipinski definition) is 2. The van der Waals surface area contributed by atoms with E-state index in [4.69, 9.17) is 4.74 Å². The van der Waals surface area contributed by atoms with E-state index in [0.29, 0.717) is 12.0 Å². The molecule has 1 rings (SSSR count). The predicted molar refractivity (Wildman–Crippen MR) is 106 cm³/mol. The monoisotopic (exact) mass is 354 g/mol. The fourth-order valence-electron chi connectivity index (χ4n) is 3.36. The number of amides is 1. The standard InChI is InChI=1S/C21H42N2O2/c1-5-6-7-8-9-10-11-12-13-14-22-17-18-15-19(16-18)23-20(24)25-21(2,3)4/h18-19,22H,5-17H2,1-4H3,(H,23,24). The number of hydrogen-bond acceptors (Lipinski definition) is 3. The molecular weight excluding hydrogens is 312 g/mol. The normalized spacial score (nSPS) is 20.2. The Hall–Kier alpha value is -0.770. The maximum Gasteiger partial charge on any atom is 0.407 e. The van der Waals surface area contributed by atoms with E-state index in [2.05, 4.69) is 17.6 Å². The van der Waals surface area contributed by atoms with Crippen LogP contribution in [0.4, 0.5) is 4.79 Å². The second-order valence-corrected chi connectivity index (χ2v) is 8.71. The molecule has 1 aliphatic carbocycles. The molecule has 4 nitrogen and oxygen atoms in total. The van der Waals surface area contributed by atoms with Crippen molar-refractivity contribution in [2.75, 3.05) is 13.1 Å². The van der Waals surface area contributed by atoms with Crippen molar-refractivity contribution < 1.29 is 9.53 Å². The molecule has 0 aromatic heterocycles. The van der Waals surface area contributed by atoms with Gasteiger partial charge < -0.3 is 15.4 Å². The third kappa shape index (κ3) is 12.3. The van der Waals surface area contributed by atoms with Crippen LogP contribution in [0.25, 0.3) is 0 Å². The van der Waals surface area contributed by atoms with E-state index in [1.54, 1.807) is 0 Å². The zero-order valence-corrected chi connectivity index (χ0v) is 17.2. The van der Waals surface area contributed by atoms with Gasteiger partial charge in [-0.3, -0.25) is 0 Å². The predicted octanol–water partition coefficient (Wildman–Crippen LogP) is 5.41. The molecule has 148 valence electrons. The third-order valence-electron chi connectivity index (χ3n) is 4.85. The topological polar surface area (TPSA) is 50.4 Å². The Morgan fingerprint density at radius 1 is 0.960 bits per heavy atom. The summed E-state index contributed by atoms with van der Waals surface area (Å²) >= 11 is 0. The van der Waals surface area contributed by atoms with Crippen LogP contribution in [-0.4, -0.2) is 30.8 Å². The number of carbonyl (C=O) groups excluding carboxylic acids is 1. The van der Waals surface area contributed by atoms with Crippen molar-refractivity contribution in [2.24, 2.45) is 5.92 Å². The molecule has 4 heteroatoms. The number of carbonyl (C=O) groups is 1. The molecule has 0 heterocycles. The highest BCUT2D eigenvalue weighted by atomic mass is 16.6. The number of nitrogens with one attached hydrogen (secondary N) is 2. The van der Waals surface area contributed by atoms with Gasteiger partial charge in [0.1, 0.15) is 5.60 Å². The van der Waals surface area contributed by atoms with Gasteiger partial charge in [0, 0.05) is 6.04 Å². The van der Waals surface area contributed by atoms with Crippen LogP contribution >= 0.6 is 0 Å². The molecule has 1 saturated carbocycles. The quantitative estimate of drug-likeness (QED) is 0.435. The van der Waals surface area contributed by atoms with Crippen LogP contribution < -0.4 is 10.6 Å². The molecule has 1 fully saturated rings. The van der Waals surface area contributed by atoms with E-state index in [1.807, 2.05) is 20.8 Å². The Labute approximate surface area is 155 Å². The van der Waals surface area contributed by atoms with Crippen molar-refractivity contribution in [1.82, 2.24) is 10.6 Å². The van der Waals surface area contributed by atoms with Gasteiger partial charge in [0.15, 0.2) is 0 Å². The lowest BCUT2D eigenvalue weighted by Crippen LogP contribution is -2.48. The van der Waals surface area contributed by atoms with Crippen molar-refractivity contribution in [2.45, 2.75) is 110 Å². The number of alkyl carbamates (subject to hydrolysis) is 1. The molecule has 1 amide bonds. The van der Waals surface area contributed by atoms with E-state index in [-0.39, 0.29) is 6.09 Å². The lowest BCUT2D eigenvalue weighted by molar-refractivity contribution is 0.0452. The summed E-state index contributed by atoms with van der Waals surface area (Å²) in [6.45, 7) is 10.2. The highest BCUT2D eigenvalue weighted by Crippen LogP contribution is 2.27. The summed E-state index contributed by atoms with van der Waals surface area (Å²) < 4.78 is 5.29. The van der Waals surface area contributed by atoms with E-state index < -0.39 is 5.60 Å². The van der Waals surface area contributed by atoms with Gasteiger partial charge in [0.2, 0.25) is 0 Å². The molecule has 1 aliphatic rings. The fraction of sp³-hybridized carbons (Fsp3) is 0.952. The van der Waals surface area contributed by atoms with Crippen LogP contribution in [0.2, 0.25) is 0 Å². The van der Waals surface area contributed by atoms with Crippen LogP contribution in [0.15, 0.2) is 0 Å². The minimum atomic E-state index is -0.412. The summed E-state index contributed by atoms with van der Waals surface area (Å²) in [6.07, 6.45) is 14.3. The smallest absolute Gasteiger partial charge is 0.407 e. The van der Waals surface area contributed by atoms with Crippen molar-refractivity contribution in [3.8, 4) is 0 Å². The average molecular weight is 355 g/mol. The highest BCUT2D eigenvalue weighted by molar-refractivity contribution is 5.68. The fourth-order valence-corrected chi connectivity index (χ4v) is 3.36. The van der Waals surface area contributed by atoms with Gasteiger partial charge in [-0.15, -0.1) is 0 Å². The zero-order valence-electron chi connectivity index (χ0n) is 17.2. The van der Waals surface area contributed by atoms with Gasteiger partial charge in [-0.1, -0.05) is 58.3 Å². The van der Waals surface area contributed by atoms with Crippen LogP contribution in [-0.2, 0) is 4.74 Å². The Morgan fingerprint density at radius 3 is 2.08 bits per heavy atom. The van der Waals surface area contributed by atoms with Crippen LogP contribution in [0.5, 0.6) is 0 Å². The van der Waals surface area contributed by atoms with E-state index in [0.717, 1.165) is 25.9 Å². The average Bonchev–Trinajstić information content (AvgIpc) is 2.47. The van der Waals surface area contributed by atoms with Gasteiger partial charge in [0.05, 0.1) is 0 Å². The van der Waals surface area contributed by atoms with Gasteiger partial charge in [-0.2, -0.15) is 0 Å². The highest BCUT2D eigenvalue weighted by Gasteiger charge is 2.31. The second-order valence-electron chi connectivity index (χ2n) is 8.71. The molecule has 2 N–H and O–H groups in total. The number of unbranched alkanes of at least 4 members (excludes halogenated alkanes) is 8. The lowest BCUT2D eigenvalue weighted by Gasteiger charge is -2.36. The van der Waals surface area contributed by atoms with Crippen LogP contribution in [0.3, 0.4) is 0 Å². The van der Waals surface area contributed by atoms with E-state index in [1.165, 1.54) is 57.8 Å². The number of rotatable bonds is 13. The van der Waals surface area contributed by atoms with Gasteiger partial charge >= 0.3 is 6.09 Å². The SMILES string of the molecule is CCCCCCCCCCCNCC1CC(NC(=O)OC(C)(C)C)C1. The molecule has 0 bridgehead atoms. The summed E-state index contributed by atoms with van der Waals surface area (Å²) in [6, 6.07) is 0.300. The Kier molecular flexibility index (Phi) is 11.2. The summed E-state index contributed by atoms with van der Waals surface area (Å²) in [5.74, 6) is 0.707. The first kappa shape index (κ1) is 22.3. The van der Waals surface area contributed by atoms with Gasteiger partial charge in [0.25, 0.3) is 0 Å². The maximum atomic E-state index is 11.7.